The molecule has 1 heterocycles. The minimum atomic E-state index is -0.721. The Bertz CT molecular complexity index is 699. The van der Waals surface area contributed by atoms with Crippen LogP contribution in [0.3, 0.4) is 0 Å². The van der Waals surface area contributed by atoms with Crippen LogP contribution in [0, 0.1) is 27.2 Å². The van der Waals surface area contributed by atoms with E-state index in [0.717, 1.165) is 11.5 Å². The molecular weight excluding hydrogens is 305 g/mol. The fourth-order valence-corrected chi connectivity index (χ4v) is 2.77. The third-order valence-corrected chi connectivity index (χ3v) is 3.87. The molecule has 94 valence electrons. The van der Waals surface area contributed by atoms with E-state index in [1.165, 1.54) is 6.92 Å². The number of nitro groups is 2. The first-order chi connectivity index (χ1) is 8.36. The smallest absolute Gasteiger partial charge is 0.258 e. The molecule has 0 radical (unpaired) electrons. The molecule has 0 aliphatic carbocycles. The van der Waals surface area contributed by atoms with Gasteiger partial charge in [-0.1, -0.05) is 23.2 Å². The lowest BCUT2D eigenvalue weighted by Crippen LogP contribution is -1.98. The van der Waals surface area contributed by atoms with Crippen LogP contribution in [-0.2, 0) is 0 Å². The molecule has 7 nitrogen and oxygen atoms in total. The van der Waals surface area contributed by atoms with Crippen molar-refractivity contribution in [1.82, 2.24) is 4.37 Å². The van der Waals surface area contributed by atoms with Crippen molar-refractivity contribution in [3.8, 4) is 0 Å². The Kier molecular flexibility index (Phi) is 3.09. The highest BCUT2D eigenvalue weighted by Gasteiger charge is 2.32. The van der Waals surface area contributed by atoms with E-state index in [1.807, 2.05) is 0 Å². The maximum absolute atomic E-state index is 11.0. The molecule has 0 saturated carbocycles. The van der Waals surface area contributed by atoms with Gasteiger partial charge in [-0.05, 0) is 18.5 Å². The first kappa shape index (κ1) is 12.9. The largest absolute Gasteiger partial charge is 0.301 e. The van der Waals surface area contributed by atoms with Crippen LogP contribution in [0.25, 0.3) is 10.9 Å². The highest BCUT2D eigenvalue weighted by atomic mass is 35.5. The predicted octanol–water partition coefficient (Wildman–Crippen LogP) is 3.73. The molecule has 18 heavy (non-hydrogen) atoms. The molecule has 0 atom stereocenters. The molecule has 0 spiro atoms. The molecule has 10 heteroatoms. The zero-order valence-corrected chi connectivity index (χ0v) is 11.0. The monoisotopic (exact) mass is 307 g/mol. The summed E-state index contributed by atoms with van der Waals surface area (Å²) in [5.41, 5.74) is -0.913. The summed E-state index contributed by atoms with van der Waals surface area (Å²) in [6.07, 6.45) is 0. The summed E-state index contributed by atoms with van der Waals surface area (Å²) in [5.74, 6) is 0. The molecule has 0 N–H and O–H groups in total. The van der Waals surface area contributed by atoms with E-state index in [9.17, 15) is 20.2 Å². The summed E-state index contributed by atoms with van der Waals surface area (Å²) in [4.78, 5) is 20.6. The first-order valence-corrected chi connectivity index (χ1v) is 5.95. The summed E-state index contributed by atoms with van der Waals surface area (Å²) in [5, 5.41) is 21.6. The summed E-state index contributed by atoms with van der Waals surface area (Å²) in [6, 6.07) is 0. The van der Waals surface area contributed by atoms with E-state index < -0.39 is 15.5 Å². The van der Waals surface area contributed by atoms with Gasteiger partial charge in [0.05, 0.1) is 15.4 Å². The van der Waals surface area contributed by atoms with Crippen molar-refractivity contribution in [3.05, 3.63) is 35.2 Å². The van der Waals surface area contributed by atoms with Gasteiger partial charge in [0.2, 0.25) is 0 Å². The standard InChI is InChI=1S/C8H3Cl2N3O4S/c1-2-4(9)7(13(16)17)3-5(6(2)12(14)15)11-18-8(3)10/h1H3. The lowest BCUT2D eigenvalue weighted by molar-refractivity contribution is -0.387. The van der Waals surface area contributed by atoms with E-state index in [4.69, 9.17) is 23.2 Å². The number of hydrogen-bond acceptors (Lipinski definition) is 6. The normalized spacial score (nSPS) is 10.8. The quantitative estimate of drug-likeness (QED) is 0.621. The Balaban J connectivity index is 3.09. The number of rotatable bonds is 2. The topological polar surface area (TPSA) is 99.2 Å². The van der Waals surface area contributed by atoms with Crippen LogP contribution < -0.4 is 0 Å². The minimum absolute atomic E-state index is 0.00157. The van der Waals surface area contributed by atoms with Crippen molar-refractivity contribution in [2.24, 2.45) is 0 Å². The maximum Gasteiger partial charge on any atom is 0.301 e. The molecule has 0 unspecified atom stereocenters. The third kappa shape index (κ3) is 1.69. The van der Waals surface area contributed by atoms with E-state index >= 15 is 0 Å². The van der Waals surface area contributed by atoms with Crippen LogP contribution in [-0.4, -0.2) is 14.2 Å². The van der Waals surface area contributed by atoms with E-state index in [0.29, 0.717) is 0 Å². The highest BCUT2D eigenvalue weighted by molar-refractivity contribution is 7.12. The van der Waals surface area contributed by atoms with Crippen LogP contribution in [0.15, 0.2) is 0 Å². The van der Waals surface area contributed by atoms with Crippen molar-refractivity contribution in [1.29, 1.82) is 0 Å². The molecule has 2 aromatic rings. The molecule has 0 amide bonds. The molecule has 0 bridgehead atoms. The number of nitrogens with zero attached hydrogens (tertiary/aromatic N) is 3. The van der Waals surface area contributed by atoms with Crippen molar-refractivity contribution in [2.45, 2.75) is 6.92 Å². The average molecular weight is 308 g/mol. The second-order valence-electron chi connectivity index (χ2n) is 3.33. The number of halogens is 2. The first-order valence-electron chi connectivity index (χ1n) is 4.42. The van der Waals surface area contributed by atoms with Gasteiger partial charge in [-0.15, -0.1) is 0 Å². The Morgan fingerprint density at radius 2 is 1.72 bits per heavy atom. The second-order valence-corrected chi connectivity index (χ2v) is 5.08. The van der Waals surface area contributed by atoms with Gasteiger partial charge >= 0.3 is 5.69 Å². The Hall–Kier alpha value is -1.51. The molecular formula is C8H3Cl2N3O4S. The van der Waals surface area contributed by atoms with Crippen LogP contribution in [0.2, 0.25) is 9.36 Å². The van der Waals surface area contributed by atoms with E-state index in [1.54, 1.807) is 0 Å². The summed E-state index contributed by atoms with van der Waals surface area (Å²) < 4.78 is 3.79. The van der Waals surface area contributed by atoms with Crippen LogP contribution in [0.5, 0.6) is 0 Å². The number of benzene rings is 1. The number of hydrogen-bond donors (Lipinski definition) is 0. The molecule has 2 rings (SSSR count). The van der Waals surface area contributed by atoms with Gasteiger partial charge in [-0.2, -0.15) is 4.37 Å². The molecule has 0 saturated heterocycles. The number of aromatic nitrogens is 1. The van der Waals surface area contributed by atoms with Gasteiger partial charge < -0.3 is 0 Å². The zero-order chi connectivity index (χ0) is 13.6. The van der Waals surface area contributed by atoms with Crippen LogP contribution >= 0.6 is 34.7 Å². The summed E-state index contributed by atoms with van der Waals surface area (Å²) >= 11 is 12.4. The lowest BCUT2D eigenvalue weighted by atomic mass is 10.1. The van der Waals surface area contributed by atoms with Gasteiger partial charge in [-0.25, -0.2) is 0 Å². The molecule has 0 fully saturated rings. The lowest BCUT2D eigenvalue weighted by Gasteiger charge is -2.03. The van der Waals surface area contributed by atoms with E-state index in [2.05, 4.69) is 4.37 Å². The Morgan fingerprint density at radius 3 is 2.22 bits per heavy atom. The predicted molar refractivity (Wildman–Crippen MR) is 67.7 cm³/mol. The van der Waals surface area contributed by atoms with Gasteiger partial charge in [0.1, 0.15) is 14.7 Å². The van der Waals surface area contributed by atoms with Crippen molar-refractivity contribution < 1.29 is 9.85 Å². The SMILES string of the molecule is Cc1c(Cl)c([N+](=O)[O-])c2c(Cl)snc2c1[N+](=O)[O-]. The third-order valence-electron chi connectivity index (χ3n) is 2.37. The molecule has 1 aromatic heterocycles. The maximum atomic E-state index is 11.0. The van der Waals surface area contributed by atoms with Gasteiger partial charge in [0, 0.05) is 0 Å². The summed E-state index contributed by atoms with van der Waals surface area (Å²) in [7, 11) is 0. The fraction of sp³-hybridized carbons (Fsp3) is 0.125. The number of nitro benzene ring substituents is 2. The van der Waals surface area contributed by atoms with Gasteiger partial charge in [0.25, 0.3) is 5.69 Å². The average Bonchev–Trinajstić information content (AvgIpc) is 2.61. The van der Waals surface area contributed by atoms with Crippen molar-refractivity contribution in [3.63, 3.8) is 0 Å². The molecule has 0 aliphatic heterocycles. The fourth-order valence-electron chi connectivity index (χ4n) is 1.60. The zero-order valence-electron chi connectivity index (χ0n) is 8.64. The number of fused-ring (bicyclic) bond motifs is 1. The van der Waals surface area contributed by atoms with Crippen LogP contribution in [0.4, 0.5) is 11.4 Å². The van der Waals surface area contributed by atoms with Crippen molar-refractivity contribution >= 4 is 57.0 Å². The highest BCUT2D eigenvalue weighted by Crippen LogP contribution is 2.46. The molecule has 0 aliphatic rings. The minimum Gasteiger partial charge on any atom is -0.258 e. The van der Waals surface area contributed by atoms with E-state index in [-0.39, 0.29) is 31.5 Å². The van der Waals surface area contributed by atoms with Gasteiger partial charge in [0.15, 0.2) is 5.52 Å². The Labute approximate surface area is 113 Å². The second kappa shape index (κ2) is 4.30. The molecule has 1 aromatic carbocycles. The summed E-state index contributed by atoms with van der Waals surface area (Å²) in [6.45, 7) is 1.33. The van der Waals surface area contributed by atoms with Crippen molar-refractivity contribution in [2.75, 3.05) is 0 Å². The van der Waals surface area contributed by atoms with Crippen LogP contribution in [0.1, 0.15) is 5.56 Å². The Morgan fingerprint density at radius 1 is 1.17 bits per heavy atom. The van der Waals surface area contributed by atoms with Gasteiger partial charge in [-0.3, -0.25) is 20.2 Å².